The summed E-state index contributed by atoms with van der Waals surface area (Å²) in [6.45, 7) is 11.0. The van der Waals surface area contributed by atoms with Gasteiger partial charge in [-0.1, -0.05) is 26.8 Å². The van der Waals surface area contributed by atoms with Gasteiger partial charge in [-0.3, -0.25) is 0 Å². The molecule has 1 aromatic heterocycles. The van der Waals surface area contributed by atoms with E-state index in [9.17, 15) is 4.39 Å². The summed E-state index contributed by atoms with van der Waals surface area (Å²) >= 11 is 0. The SMILES string of the molecule is CCNC(=NCc1ncc(C(C)(C)C)o1)NCCCN(C)c1cccc(F)c1.I. The number of rotatable bonds is 8. The minimum Gasteiger partial charge on any atom is -0.443 e. The molecule has 29 heavy (non-hydrogen) atoms. The molecule has 0 amide bonds. The smallest absolute Gasteiger partial charge is 0.216 e. The Morgan fingerprint density at radius 2 is 2.03 bits per heavy atom. The number of hydrogen-bond donors (Lipinski definition) is 2. The minimum absolute atomic E-state index is 0. The molecule has 2 N–H and O–H groups in total. The van der Waals surface area contributed by atoms with Crippen molar-refractivity contribution in [1.29, 1.82) is 0 Å². The molecule has 2 aromatic rings. The van der Waals surface area contributed by atoms with Crippen molar-refractivity contribution in [3.05, 3.63) is 47.9 Å². The predicted molar refractivity (Wildman–Crippen MR) is 128 cm³/mol. The van der Waals surface area contributed by atoms with Crippen LogP contribution in [-0.4, -0.2) is 37.6 Å². The molecule has 0 saturated heterocycles. The Morgan fingerprint density at radius 1 is 1.28 bits per heavy atom. The quantitative estimate of drug-likeness (QED) is 0.237. The second kappa shape index (κ2) is 12.0. The average molecular weight is 517 g/mol. The Hall–Kier alpha value is -1.84. The van der Waals surface area contributed by atoms with Gasteiger partial charge >= 0.3 is 0 Å². The van der Waals surface area contributed by atoms with Crippen LogP contribution in [0, 0.1) is 5.82 Å². The van der Waals surface area contributed by atoms with E-state index in [-0.39, 0.29) is 35.2 Å². The minimum atomic E-state index is -0.217. The Balaban J connectivity index is 0.00000420. The number of anilines is 1. The van der Waals surface area contributed by atoms with E-state index < -0.39 is 0 Å². The van der Waals surface area contributed by atoms with E-state index >= 15 is 0 Å². The van der Waals surface area contributed by atoms with Crippen molar-refractivity contribution in [3.63, 3.8) is 0 Å². The van der Waals surface area contributed by atoms with Gasteiger partial charge in [-0.15, -0.1) is 24.0 Å². The van der Waals surface area contributed by atoms with Crippen molar-refractivity contribution in [2.45, 2.75) is 46.1 Å². The number of benzene rings is 1. The molecule has 8 heteroatoms. The zero-order chi connectivity index (χ0) is 20.6. The van der Waals surface area contributed by atoms with E-state index in [1.807, 2.05) is 24.9 Å². The van der Waals surface area contributed by atoms with Crippen LogP contribution in [0.4, 0.5) is 10.1 Å². The summed E-state index contributed by atoms with van der Waals surface area (Å²) in [5, 5.41) is 6.54. The van der Waals surface area contributed by atoms with Gasteiger partial charge in [0.1, 0.15) is 18.1 Å². The highest BCUT2D eigenvalue weighted by Crippen LogP contribution is 2.22. The molecule has 0 aliphatic carbocycles. The molecule has 1 aromatic carbocycles. The van der Waals surface area contributed by atoms with Crippen molar-refractivity contribution < 1.29 is 8.81 Å². The van der Waals surface area contributed by atoms with E-state index in [0.29, 0.717) is 12.4 Å². The van der Waals surface area contributed by atoms with E-state index in [4.69, 9.17) is 4.42 Å². The van der Waals surface area contributed by atoms with Gasteiger partial charge in [-0.05, 0) is 31.5 Å². The lowest BCUT2D eigenvalue weighted by atomic mass is 9.94. The summed E-state index contributed by atoms with van der Waals surface area (Å²) in [7, 11) is 1.96. The molecule has 0 fully saturated rings. The first-order valence-corrected chi connectivity index (χ1v) is 9.73. The third kappa shape index (κ3) is 8.59. The van der Waals surface area contributed by atoms with Gasteiger partial charge in [0, 0.05) is 37.8 Å². The largest absolute Gasteiger partial charge is 0.443 e. The van der Waals surface area contributed by atoms with Crippen LogP contribution in [0.2, 0.25) is 0 Å². The zero-order valence-corrected chi connectivity index (χ0v) is 20.3. The van der Waals surface area contributed by atoms with Crippen molar-refractivity contribution >= 4 is 35.6 Å². The molecule has 0 radical (unpaired) electrons. The summed E-state index contributed by atoms with van der Waals surface area (Å²) in [5.41, 5.74) is 0.810. The van der Waals surface area contributed by atoms with Gasteiger partial charge in [-0.25, -0.2) is 14.4 Å². The molecular weight excluding hydrogens is 484 g/mol. The Morgan fingerprint density at radius 3 is 2.66 bits per heavy atom. The Kier molecular flexibility index (Phi) is 10.4. The number of aromatic nitrogens is 1. The maximum absolute atomic E-state index is 13.3. The number of oxazole rings is 1. The molecule has 6 nitrogen and oxygen atoms in total. The lowest BCUT2D eigenvalue weighted by Gasteiger charge is -2.19. The lowest BCUT2D eigenvalue weighted by Crippen LogP contribution is -2.38. The number of nitrogens with one attached hydrogen (secondary N) is 2. The highest BCUT2D eigenvalue weighted by molar-refractivity contribution is 14.0. The molecule has 0 atom stereocenters. The molecular formula is C21H33FIN5O. The van der Waals surface area contributed by atoms with Gasteiger partial charge in [0.25, 0.3) is 0 Å². The first-order chi connectivity index (χ1) is 13.3. The predicted octanol–water partition coefficient (Wildman–Crippen LogP) is 4.31. The van der Waals surface area contributed by atoms with Crippen LogP contribution < -0.4 is 15.5 Å². The van der Waals surface area contributed by atoms with Crippen LogP contribution >= 0.6 is 24.0 Å². The van der Waals surface area contributed by atoms with Crippen LogP contribution in [0.5, 0.6) is 0 Å². The number of guanidine groups is 1. The Bertz CT molecular complexity index is 772. The van der Waals surface area contributed by atoms with Gasteiger partial charge in [-0.2, -0.15) is 0 Å². The van der Waals surface area contributed by atoms with Crippen molar-refractivity contribution in [1.82, 2.24) is 15.6 Å². The maximum Gasteiger partial charge on any atom is 0.216 e. The lowest BCUT2D eigenvalue weighted by molar-refractivity contribution is 0.383. The fraction of sp³-hybridized carbons (Fsp3) is 0.524. The topological polar surface area (TPSA) is 65.7 Å². The molecule has 0 spiro atoms. The van der Waals surface area contributed by atoms with Crippen LogP contribution in [0.1, 0.15) is 45.8 Å². The van der Waals surface area contributed by atoms with Crippen LogP contribution in [0.3, 0.4) is 0 Å². The van der Waals surface area contributed by atoms with E-state index in [1.165, 1.54) is 6.07 Å². The molecule has 2 rings (SSSR count). The molecule has 0 unspecified atom stereocenters. The van der Waals surface area contributed by atoms with Crippen molar-refractivity contribution in [3.8, 4) is 0 Å². The van der Waals surface area contributed by atoms with Gasteiger partial charge in [0.15, 0.2) is 5.96 Å². The van der Waals surface area contributed by atoms with E-state index in [1.54, 1.807) is 18.3 Å². The van der Waals surface area contributed by atoms with Crippen LogP contribution in [0.25, 0.3) is 0 Å². The van der Waals surface area contributed by atoms with E-state index in [0.717, 1.165) is 43.5 Å². The second-order valence-corrected chi connectivity index (χ2v) is 7.75. The summed E-state index contributed by atoms with van der Waals surface area (Å²) in [4.78, 5) is 10.9. The standard InChI is InChI=1S/C21H32FN5O.HI/c1-6-23-20(26-15-19-25-14-18(28-19)21(2,3)4)24-11-8-12-27(5)17-10-7-9-16(22)13-17;/h7,9-10,13-14H,6,8,11-12,15H2,1-5H3,(H2,23,24,26);1H. The van der Waals surface area contributed by atoms with Crippen LogP contribution in [-0.2, 0) is 12.0 Å². The molecule has 0 saturated carbocycles. The highest BCUT2D eigenvalue weighted by atomic mass is 127. The Labute approximate surface area is 190 Å². The summed E-state index contributed by atoms with van der Waals surface area (Å²) in [6, 6.07) is 6.63. The normalized spacial score (nSPS) is 11.7. The first kappa shape index (κ1) is 25.2. The van der Waals surface area contributed by atoms with Gasteiger partial charge < -0.3 is 20.0 Å². The molecule has 162 valence electrons. The number of nitrogens with zero attached hydrogens (tertiary/aromatic N) is 3. The summed E-state index contributed by atoms with van der Waals surface area (Å²) in [6.07, 6.45) is 2.66. The number of aliphatic imine (C=N–C) groups is 1. The summed E-state index contributed by atoms with van der Waals surface area (Å²) in [5.74, 6) is 1.97. The highest BCUT2D eigenvalue weighted by Gasteiger charge is 2.19. The zero-order valence-electron chi connectivity index (χ0n) is 18.0. The third-order valence-corrected chi connectivity index (χ3v) is 4.22. The fourth-order valence-corrected chi connectivity index (χ4v) is 2.58. The summed E-state index contributed by atoms with van der Waals surface area (Å²) < 4.78 is 19.1. The first-order valence-electron chi connectivity index (χ1n) is 9.73. The fourth-order valence-electron chi connectivity index (χ4n) is 2.58. The van der Waals surface area contributed by atoms with Crippen LogP contribution in [0.15, 0.2) is 39.9 Å². The monoisotopic (exact) mass is 517 g/mol. The van der Waals surface area contributed by atoms with E-state index in [2.05, 4.69) is 41.4 Å². The van der Waals surface area contributed by atoms with Gasteiger partial charge in [0.2, 0.25) is 5.89 Å². The third-order valence-electron chi connectivity index (χ3n) is 4.22. The van der Waals surface area contributed by atoms with Crippen molar-refractivity contribution in [2.24, 2.45) is 4.99 Å². The average Bonchev–Trinajstić information content (AvgIpc) is 3.12. The maximum atomic E-state index is 13.3. The molecule has 0 aliphatic rings. The second-order valence-electron chi connectivity index (χ2n) is 7.75. The molecule has 0 bridgehead atoms. The van der Waals surface area contributed by atoms with Crippen molar-refractivity contribution in [2.75, 3.05) is 31.6 Å². The number of halogens is 2. The van der Waals surface area contributed by atoms with Gasteiger partial charge in [0.05, 0.1) is 6.20 Å². The molecule has 0 aliphatic heterocycles. The molecule has 1 heterocycles. The number of hydrogen-bond acceptors (Lipinski definition) is 4.